The summed E-state index contributed by atoms with van der Waals surface area (Å²) in [7, 11) is 3.26. The Labute approximate surface area is 194 Å². The van der Waals surface area contributed by atoms with Crippen molar-refractivity contribution < 1.29 is 18.7 Å². The van der Waals surface area contributed by atoms with Crippen LogP contribution in [0.2, 0.25) is 0 Å². The summed E-state index contributed by atoms with van der Waals surface area (Å²) in [5.74, 6) is 1.11. The average molecular weight is 449 g/mol. The van der Waals surface area contributed by atoms with E-state index in [-0.39, 0.29) is 17.8 Å². The number of halogens is 1. The number of nitrogens with one attached hydrogen (secondary N) is 1. The van der Waals surface area contributed by atoms with Crippen LogP contribution >= 0.6 is 0 Å². The second kappa shape index (κ2) is 10.5. The summed E-state index contributed by atoms with van der Waals surface area (Å²) in [4.78, 5) is 15.0. The van der Waals surface area contributed by atoms with Crippen LogP contribution in [-0.2, 0) is 24.2 Å². The number of amides is 1. The molecule has 6 heteroatoms. The molecule has 1 N–H and O–H groups in total. The van der Waals surface area contributed by atoms with Gasteiger partial charge < -0.3 is 14.8 Å². The fourth-order valence-electron chi connectivity index (χ4n) is 4.39. The van der Waals surface area contributed by atoms with E-state index in [2.05, 4.69) is 10.2 Å². The normalized spacial score (nSPS) is 15.5. The zero-order chi connectivity index (χ0) is 23.2. The second-order valence-electron chi connectivity index (χ2n) is 8.24. The van der Waals surface area contributed by atoms with Crippen LogP contribution in [0.25, 0.3) is 0 Å². The summed E-state index contributed by atoms with van der Waals surface area (Å²) in [6.45, 7) is 1.95. The second-order valence-corrected chi connectivity index (χ2v) is 8.24. The molecule has 33 heavy (non-hydrogen) atoms. The van der Waals surface area contributed by atoms with Crippen LogP contribution in [0.15, 0.2) is 66.7 Å². The third kappa shape index (κ3) is 5.52. The van der Waals surface area contributed by atoms with Crippen molar-refractivity contribution in [1.29, 1.82) is 0 Å². The highest BCUT2D eigenvalue weighted by Crippen LogP contribution is 2.38. The molecule has 3 aromatic rings. The predicted octanol–water partition coefficient (Wildman–Crippen LogP) is 4.30. The first-order chi connectivity index (χ1) is 16.1. The summed E-state index contributed by atoms with van der Waals surface area (Å²) < 4.78 is 24.4. The number of hydrogen-bond donors (Lipinski definition) is 1. The Kier molecular flexibility index (Phi) is 7.25. The van der Waals surface area contributed by atoms with E-state index in [1.807, 2.05) is 54.6 Å². The minimum absolute atomic E-state index is 0.0180. The smallest absolute Gasteiger partial charge is 0.224 e. The lowest BCUT2D eigenvalue weighted by molar-refractivity contribution is -0.120. The molecular formula is C27H29FN2O3. The van der Waals surface area contributed by atoms with Gasteiger partial charge in [0, 0.05) is 19.6 Å². The maximum Gasteiger partial charge on any atom is 0.224 e. The molecule has 0 spiro atoms. The lowest BCUT2D eigenvalue weighted by atomic mass is 9.91. The molecular weight excluding hydrogens is 419 g/mol. The van der Waals surface area contributed by atoms with Gasteiger partial charge in [-0.3, -0.25) is 9.69 Å². The summed E-state index contributed by atoms with van der Waals surface area (Å²) >= 11 is 0. The van der Waals surface area contributed by atoms with Crippen LogP contribution < -0.4 is 14.8 Å². The molecule has 3 aromatic carbocycles. The minimum Gasteiger partial charge on any atom is -0.493 e. The van der Waals surface area contributed by atoms with Gasteiger partial charge in [-0.05, 0) is 52.9 Å². The minimum atomic E-state index is -0.246. The van der Waals surface area contributed by atoms with Gasteiger partial charge in [0.25, 0.3) is 0 Å². The molecule has 1 atom stereocenters. The molecule has 172 valence electrons. The number of ether oxygens (including phenoxy) is 2. The number of nitrogens with zero attached hydrogens (tertiary/aromatic N) is 1. The van der Waals surface area contributed by atoms with Gasteiger partial charge >= 0.3 is 0 Å². The van der Waals surface area contributed by atoms with Crippen LogP contribution in [0.3, 0.4) is 0 Å². The Morgan fingerprint density at radius 2 is 1.70 bits per heavy atom. The highest BCUT2D eigenvalue weighted by atomic mass is 19.1. The van der Waals surface area contributed by atoms with Gasteiger partial charge in [-0.1, -0.05) is 42.5 Å². The van der Waals surface area contributed by atoms with Crippen LogP contribution in [0.5, 0.6) is 11.5 Å². The van der Waals surface area contributed by atoms with E-state index >= 15 is 0 Å². The Balaban J connectivity index is 1.57. The van der Waals surface area contributed by atoms with Gasteiger partial charge in [-0.2, -0.15) is 0 Å². The number of hydrogen-bond acceptors (Lipinski definition) is 4. The number of carbonyl (C=O) groups is 1. The standard InChI is InChI=1S/C27H29FN2O3/c1-32-25-15-21-12-13-30(18-20-8-10-22(28)11-9-20)24(23(21)16-26(25)33-2)17-29-27(31)14-19-6-4-3-5-7-19/h3-11,15-16,24H,12-14,17-18H2,1-2H3,(H,29,31)/t24-/m1/s1. The predicted molar refractivity (Wildman–Crippen MR) is 126 cm³/mol. The highest BCUT2D eigenvalue weighted by molar-refractivity contribution is 5.78. The number of carbonyl (C=O) groups excluding carboxylic acids is 1. The molecule has 0 unspecified atom stereocenters. The molecule has 1 amide bonds. The number of benzene rings is 3. The van der Waals surface area contributed by atoms with Gasteiger partial charge in [0.1, 0.15) is 5.82 Å². The number of methoxy groups -OCH3 is 2. The van der Waals surface area contributed by atoms with Crippen molar-refractivity contribution in [2.24, 2.45) is 0 Å². The van der Waals surface area contributed by atoms with Gasteiger partial charge in [0.2, 0.25) is 5.91 Å². The maximum absolute atomic E-state index is 13.4. The van der Waals surface area contributed by atoms with Crippen molar-refractivity contribution in [1.82, 2.24) is 10.2 Å². The van der Waals surface area contributed by atoms with E-state index in [9.17, 15) is 9.18 Å². The van der Waals surface area contributed by atoms with E-state index in [0.29, 0.717) is 31.0 Å². The third-order valence-corrected chi connectivity index (χ3v) is 6.11. The molecule has 1 aliphatic rings. The lowest BCUT2D eigenvalue weighted by Crippen LogP contribution is -2.42. The number of fused-ring (bicyclic) bond motifs is 1. The van der Waals surface area contributed by atoms with Gasteiger partial charge in [-0.25, -0.2) is 4.39 Å². The Bertz CT molecular complexity index is 1090. The first kappa shape index (κ1) is 22.8. The Morgan fingerprint density at radius 1 is 1.00 bits per heavy atom. The first-order valence-electron chi connectivity index (χ1n) is 11.1. The van der Waals surface area contributed by atoms with Gasteiger partial charge in [0.05, 0.1) is 26.7 Å². The average Bonchev–Trinajstić information content (AvgIpc) is 2.84. The molecule has 1 heterocycles. The van der Waals surface area contributed by atoms with E-state index < -0.39 is 0 Å². The van der Waals surface area contributed by atoms with E-state index in [1.165, 1.54) is 17.7 Å². The topological polar surface area (TPSA) is 50.8 Å². The van der Waals surface area contributed by atoms with Crippen molar-refractivity contribution in [3.63, 3.8) is 0 Å². The first-order valence-corrected chi connectivity index (χ1v) is 11.1. The van der Waals surface area contributed by atoms with Crippen molar-refractivity contribution >= 4 is 5.91 Å². The highest BCUT2D eigenvalue weighted by Gasteiger charge is 2.29. The van der Waals surface area contributed by atoms with E-state index in [0.717, 1.165) is 29.7 Å². The molecule has 0 aliphatic carbocycles. The van der Waals surface area contributed by atoms with Gasteiger partial charge in [0.15, 0.2) is 11.5 Å². The molecule has 0 saturated carbocycles. The summed E-state index contributed by atoms with van der Waals surface area (Å²) in [6.07, 6.45) is 1.19. The molecule has 0 aromatic heterocycles. The SMILES string of the molecule is COc1cc2c(cc1OC)[C@@H](CNC(=O)Cc1ccccc1)N(Cc1ccc(F)cc1)CC2. The fraction of sp³-hybridized carbons (Fsp3) is 0.296. The van der Waals surface area contributed by atoms with Gasteiger partial charge in [-0.15, -0.1) is 0 Å². The molecule has 0 fully saturated rings. The molecule has 0 radical (unpaired) electrons. The van der Waals surface area contributed by atoms with Crippen LogP contribution in [0, 0.1) is 5.82 Å². The largest absolute Gasteiger partial charge is 0.493 e. The third-order valence-electron chi connectivity index (χ3n) is 6.11. The maximum atomic E-state index is 13.4. The van der Waals surface area contributed by atoms with Crippen LogP contribution in [0.4, 0.5) is 4.39 Å². The molecule has 1 aliphatic heterocycles. The summed E-state index contributed by atoms with van der Waals surface area (Å²) in [5.41, 5.74) is 4.31. The van der Waals surface area contributed by atoms with Crippen LogP contribution in [-0.4, -0.2) is 38.1 Å². The number of rotatable bonds is 8. The van der Waals surface area contributed by atoms with Crippen molar-refractivity contribution in [2.75, 3.05) is 27.3 Å². The Morgan fingerprint density at radius 3 is 2.39 bits per heavy atom. The lowest BCUT2D eigenvalue weighted by Gasteiger charge is -2.38. The fourth-order valence-corrected chi connectivity index (χ4v) is 4.39. The van der Waals surface area contributed by atoms with Crippen molar-refractivity contribution in [3.8, 4) is 11.5 Å². The zero-order valence-corrected chi connectivity index (χ0v) is 19.0. The summed E-state index contributed by atoms with van der Waals surface area (Å²) in [6, 6.07) is 20.3. The zero-order valence-electron chi connectivity index (χ0n) is 19.0. The molecule has 0 bridgehead atoms. The van der Waals surface area contributed by atoms with E-state index in [4.69, 9.17) is 9.47 Å². The monoisotopic (exact) mass is 448 g/mol. The molecule has 4 rings (SSSR count). The molecule has 5 nitrogen and oxygen atoms in total. The summed E-state index contributed by atoms with van der Waals surface area (Å²) in [5, 5.41) is 3.12. The van der Waals surface area contributed by atoms with E-state index in [1.54, 1.807) is 14.2 Å². The van der Waals surface area contributed by atoms with Crippen molar-refractivity contribution in [3.05, 3.63) is 94.8 Å². The Hall–Kier alpha value is -3.38. The quantitative estimate of drug-likeness (QED) is 0.558. The molecule has 0 saturated heterocycles. The van der Waals surface area contributed by atoms with Crippen molar-refractivity contribution in [2.45, 2.75) is 25.4 Å². The van der Waals surface area contributed by atoms with Crippen LogP contribution in [0.1, 0.15) is 28.3 Å².